The van der Waals surface area contributed by atoms with Crippen LogP contribution in [0.3, 0.4) is 0 Å². The summed E-state index contributed by atoms with van der Waals surface area (Å²) in [6.07, 6.45) is 3.17. The van der Waals surface area contributed by atoms with Crippen LogP contribution in [0.15, 0.2) is 12.7 Å². The third kappa shape index (κ3) is 7.45. The van der Waals surface area contributed by atoms with Crippen molar-refractivity contribution in [2.45, 2.75) is 90.1 Å². The molecule has 6 atom stereocenters. The zero-order chi connectivity index (χ0) is 31.7. The highest BCUT2D eigenvalue weighted by molar-refractivity contribution is 8.01. The van der Waals surface area contributed by atoms with Crippen LogP contribution in [-0.4, -0.2) is 82.3 Å². The Labute approximate surface area is 251 Å². The molecule has 5 amide bonds. The number of ether oxygens (including phenoxy) is 1. The number of primary amides is 1. The predicted octanol–water partition coefficient (Wildman–Crippen LogP) is 1.33. The number of carbonyl (C=O) groups excluding carboxylic acids is 6. The molecule has 0 aromatic carbocycles. The highest BCUT2D eigenvalue weighted by Gasteiger charge is 2.70. The molecule has 3 aliphatic rings. The number of fused-ring (bicyclic) bond motifs is 1. The van der Waals surface area contributed by atoms with E-state index in [2.05, 4.69) is 22.5 Å². The predicted molar refractivity (Wildman–Crippen MR) is 158 cm³/mol. The van der Waals surface area contributed by atoms with Gasteiger partial charge in [0.05, 0.1) is 0 Å². The molecule has 12 nitrogen and oxygen atoms in total. The average molecular weight is 608 g/mol. The molecule has 1 heterocycles. The number of piperidine rings is 1. The van der Waals surface area contributed by atoms with E-state index in [0.29, 0.717) is 6.54 Å². The van der Waals surface area contributed by atoms with E-state index in [0.717, 1.165) is 12.8 Å². The second-order valence-electron chi connectivity index (χ2n) is 13.4. The maximum Gasteiger partial charge on any atom is 0.329 e. The molecule has 234 valence electrons. The quantitative estimate of drug-likeness (QED) is 0.105. The minimum absolute atomic E-state index is 0.00337. The molecular weight excluding hydrogens is 562 g/mol. The number of esters is 1. The van der Waals surface area contributed by atoms with E-state index in [4.69, 9.17) is 10.5 Å². The summed E-state index contributed by atoms with van der Waals surface area (Å²) in [4.78, 5) is 79.1. The first-order valence-corrected chi connectivity index (χ1v) is 15.3. The lowest BCUT2D eigenvalue weighted by atomic mass is 9.85. The van der Waals surface area contributed by atoms with Crippen LogP contribution in [-0.2, 0) is 28.7 Å². The highest BCUT2D eigenvalue weighted by atomic mass is 32.2. The first-order valence-electron chi connectivity index (χ1n) is 14.4. The second kappa shape index (κ2) is 12.6. The Bertz CT molecular complexity index is 1130. The number of nitrogens with zero attached hydrogens (tertiary/aromatic N) is 1. The van der Waals surface area contributed by atoms with Gasteiger partial charge in [0.15, 0.2) is 0 Å². The fourth-order valence-corrected chi connectivity index (χ4v) is 6.79. The van der Waals surface area contributed by atoms with Gasteiger partial charge in [0.25, 0.3) is 11.7 Å². The summed E-state index contributed by atoms with van der Waals surface area (Å²) < 4.78 is 5.11. The number of thioether (sulfide) groups is 1. The second-order valence-corrected chi connectivity index (χ2v) is 14.8. The van der Waals surface area contributed by atoms with Crippen LogP contribution >= 0.6 is 11.8 Å². The average Bonchev–Trinajstić information content (AvgIpc) is 3.74. The van der Waals surface area contributed by atoms with Gasteiger partial charge in [0.2, 0.25) is 11.8 Å². The van der Waals surface area contributed by atoms with Crippen LogP contribution in [0.2, 0.25) is 0 Å². The number of Topliss-reactive ketones (excluding diaryl/α,β-unsaturated/α-hetero) is 1. The summed E-state index contributed by atoms with van der Waals surface area (Å²) in [6, 6.07) is -3.62. The lowest BCUT2D eigenvalue weighted by Gasteiger charge is -2.38. The van der Waals surface area contributed by atoms with Gasteiger partial charge < -0.3 is 31.3 Å². The van der Waals surface area contributed by atoms with Crippen LogP contribution < -0.4 is 21.7 Å². The lowest BCUT2D eigenvalue weighted by molar-refractivity contribution is -0.145. The molecule has 3 fully saturated rings. The molecule has 13 heteroatoms. The summed E-state index contributed by atoms with van der Waals surface area (Å²) in [5.41, 5.74) is 4.28. The Balaban J connectivity index is 1.80. The topological polar surface area (TPSA) is 177 Å². The number of carbonyl (C=O) groups is 6. The van der Waals surface area contributed by atoms with Crippen molar-refractivity contribution in [1.29, 1.82) is 0 Å². The molecule has 1 unspecified atom stereocenters. The zero-order valence-electron chi connectivity index (χ0n) is 25.5. The van der Waals surface area contributed by atoms with E-state index in [1.807, 2.05) is 13.8 Å². The SMILES string of the molecule is C=CCOC(=O)[C@@H](NC(=O)N[C@H](C(=O)N1C[C@H]2[C@@H]([C@H]1C(=O)NC(SC1CC1)C(=O)C(N)=O)C2(C)C)C(C)(C)C)C(C)C. The van der Waals surface area contributed by atoms with Crippen molar-refractivity contribution in [3.05, 3.63) is 12.7 Å². The summed E-state index contributed by atoms with van der Waals surface area (Å²) in [5.74, 6) is -4.02. The summed E-state index contributed by atoms with van der Waals surface area (Å²) in [7, 11) is 0. The van der Waals surface area contributed by atoms with Gasteiger partial charge in [-0.1, -0.05) is 61.1 Å². The van der Waals surface area contributed by atoms with Crippen molar-refractivity contribution in [2.75, 3.05) is 13.2 Å². The molecule has 0 spiro atoms. The molecule has 2 saturated carbocycles. The van der Waals surface area contributed by atoms with Gasteiger partial charge in [-0.3, -0.25) is 19.2 Å². The van der Waals surface area contributed by atoms with Gasteiger partial charge in [-0.15, -0.1) is 11.8 Å². The molecule has 1 saturated heterocycles. The number of amides is 5. The Morgan fingerprint density at radius 2 is 1.71 bits per heavy atom. The highest BCUT2D eigenvalue weighted by Crippen LogP contribution is 2.65. The molecule has 1 aliphatic heterocycles. The van der Waals surface area contributed by atoms with Crippen LogP contribution in [0, 0.1) is 28.6 Å². The van der Waals surface area contributed by atoms with Crippen molar-refractivity contribution < 1.29 is 33.5 Å². The molecule has 0 aromatic heterocycles. The monoisotopic (exact) mass is 607 g/mol. The number of likely N-dealkylation sites (tertiary alicyclic amines) is 1. The van der Waals surface area contributed by atoms with Gasteiger partial charge in [-0.05, 0) is 41.4 Å². The summed E-state index contributed by atoms with van der Waals surface area (Å²) in [5, 5.41) is 7.07. The molecule has 2 aliphatic carbocycles. The Kier molecular flexibility index (Phi) is 10.1. The van der Waals surface area contributed by atoms with Crippen molar-refractivity contribution in [3.63, 3.8) is 0 Å². The normalized spacial score (nSPS) is 24.5. The third-order valence-electron chi connectivity index (χ3n) is 8.31. The van der Waals surface area contributed by atoms with Gasteiger partial charge in [-0.2, -0.15) is 0 Å². The number of hydrogen-bond acceptors (Lipinski definition) is 8. The molecular formula is C29H45N5O7S. The van der Waals surface area contributed by atoms with E-state index < -0.39 is 64.4 Å². The molecule has 42 heavy (non-hydrogen) atoms. The molecule has 0 bridgehead atoms. The maximum atomic E-state index is 14.1. The lowest BCUT2D eigenvalue weighted by Crippen LogP contribution is -2.62. The van der Waals surface area contributed by atoms with Crippen molar-refractivity contribution in [1.82, 2.24) is 20.9 Å². The van der Waals surface area contributed by atoms with Crippen molar-refractivity contribution >= 4 is 47.3 Å². The van der Waals surface area contributed by atoms with Gasteiger partial charge >= 0.3 is 12.0 Å². The fraction of sp³-hybridized carbons (Fsp3) is 0.724. The van der Waals surface area contributed by atoms with Crippen LogP contribution in [0.4, 0.5) is 4.79 Å². The Morgan fingerprint density at radius 3 is 2.21 bits per heavy atom. The van der Waals surface area contributed by atoms with Gasteiger partial charge in [-0.25, -0.2) is 9.59 Å². The van der Waals surface area contributed by atoms with Crippen LogP contribution in [0.25, 0.3) is 0 Å². The Morgan fingerprint density at radius 1 is 1.10 bits per heavy atom. The fourth-order valence-electron chi connectivity index (χ4n) is 5.57. The van der Waals surface area contributed by atoms with E-state index in [-0.39, 0.29) is 35.0 Å². The van der Waals surface area contributed by atoms with Crippen molar-refractivity contribution in [2.24, 2.45) is 34.3 Å². The smallest absolute Gasteiger partial charge is 0.329 e. The molecule has 0 radical (unpaired) electrons. The van der Waals surface area contributed by atoms with E-state index in [9.17, 15) is 28.8 Å². The summed E-state index contributed by atoms with van der Waals surface area (Å²) >= 11 is 1.20. The number of ketones is 1. The van der Waals surface area contributed by atoms with E-state index in [1.54, 1.807) is 34.6 Å². The number of rotatable bonds is 13. The largest absolute Gasteiger partial charge is 0.460 e. The molecule has 3 rings (SSSR count). The third-order valence-corrected chi connectivity index (χ3v) is 9.77. The first-order chi connectivity index (χ1) is 19.4. The number of nitrogens with two attached hydrogens (primary N) is 1. The number of hydrogen-bond donors (Lipinski definition) is 4. The first kappa shape index (κ1) is 33.4. The number of urea groups is 1. The van der Waals surface area contributed by atoms with Gasteiger partial charge in [0, 0.05) is 11.8 Å². The maximum absolute atomic E-state index is 14.1. The molecule has 5 N–H and O–H groups in total. The van der Waals surface area contributed by atoms with E-state index >= 15 is 0 Å². The van der Waals surface area contributed by atoms with Crippen LogP contribution in [0.5, 0.6) is 0 Å². The number of nitrogens with one attached hydrogen (secondary N) is 3. The van der Waals surface area contributed by atoms with Crippen molar-refractivity contribution in [3.8, 4) is 0 Å². The van der Waals surface area contributed by atoms with E-state index in [1.165, 1.54) is 22.7 Å². The zero-order valence-corrected chi connectivity index (χ0v) is 26.3. The summed E-state index contributed by atoms with van der Waals surface area (Å²) in [6.45, 7) is 16.8. The standard InChI is InChI=1S/C29H45N5O7S/c1-9-12-41-26(39)18(14(2)3)31-27(40)32-21(28(4,5)6)25(38)34-13-16-17(29(16,7)8)19(34)23(37)33-24(20(35)22(30)36)42-15-10-11-15/h9,14-19,21,24H,1,10-13H2,2-8H3,(H2,30,36)(H,33,37)(H2,31,32,40)/t16-,17-,18-,19-,21+,24?/m0/s1. The molecule has 0 aromatic rings. The van der Waals surface area contributed by atoms with Crippen LogP contribution in [0.1, 0.15) is 61.3 Å². The minimum atomic E-state index is -1.13. The van der Waals surface area contributed by atoms with Gasteiger partial charge in [0.1, 0.15) is 30.1 Å². The minimum Gasteiger partial charge on any atom is -0.460 e. The Hall–Kier alpha value is -3.09.